The molecule has 1 aromatic carbocycles. The molecule has 0 aliphatic rings. The first-order valence-corrected chi connectivity index (χ1v) is 7.09. The first-order chi connectivity index (χ1) is 9.74. The van der Waals surface area contributed by atoms with Gasteiger partial charge in [-0.1, -0.05) is 44.2 Å². The number of hydrogen-bond donors (Lipinski definition) is 2. The number of anilines is 2. The largest absolute Gasteiger partial charge is 0.370 e. The molecule has 0 aliphatic heterocycles. The highest BCUT2D eigenvalue weighted by Crippen LogP contribution is 2.07. The summed E-state index contributed by atoms with van der Waals surface area (Å²) < 4.78 is 0. The van der Waals surface area contributed by atoms with Crippen LogP contribution in [0.15, 0.2) is 42.6 Å². The smallest absolute Gasteiger partial charge is 0.224 e. The molecule has 106 valence electrons. The van der Waals surface area contributed by atoms with Crippen LogP contribution < -0.4 is 10.6 Å². The van der Waals surface area contributed by atoms with E-state index >= 15 is 0 Å². The van der Waals surface area contributed by atoms with Gasteiger partial charge in [-0.3, -0.25) is 0 Å². The maximum atomic E-state index is 4.44. The molecular formula is C16H22N4. The Hall–Kier alpha value is -2.10. The molecule has 2 aromatic rings. The second-order valence-electron chi connectivity index (χ2n) is 5.20. The topological polar surface area (TPSA) is 49.8 Å². The summed E-state index contributed by atoms with van der Waals surface area (Å²) >= 11 is 0. The van der Waals surface area contributed by atoms with Crippen LogP contribution in [-0.2, 0) is 6.42 Å². The Balaban J connectivity index is 1.82. The molecule has 0 atom stereocenters. The molecular weight excluding hydrogens is 248 g/mol. The van der Waals surface area contributed by atoms with E-state index in [4.69, 9.17) is 0 Å². The van der Waals surface area contributed by atoms with Gasteiger partial charge in [0.1, 0.15) is 5.82 Å². The molecule has 1 heterocycles. The second-order valence-corrected chi connectivity index (χ2v) is 5.20. The fourth-order valence-electron chi connectivity index (χ4n) is 1.81. The van der Waals surface area contributed by atoms with E-state index in [9.17, 15) is 0 Å². The van der Waals surface area contributed by atoms with E-state index in [-0.39, 0.29) is 0 Å². The maximum Gasteiger partial charge on any atom is 0.224 e. The van der Waals surface area contributed by atoms with Gasteiger partial charge in [-0.25, -0.2) is 4.98 Å². The Morgan fingerprint density at radius 2 is 1.85 bits per heavy atom. The molecule has 0 spiro atoms. The molecule has 1 aromatic heterocycles. The third kappa shape index (κ3) is 4.88. The highest BCUT2D eigenvalue weighted by atomic mass is 15.1. The standard InChI is InChI=1S/C16H22N4/c1-13(2)12-19-15-9-11-18-16(20-15)17-10-8-14-6-4-3-5-7-14/h3-7,9,11,13H,8,10,12H2,1-2H3,(H2,17,18,19,20). The van der Waals surface area contributed by atoms with Crippen molar-refractivity contribution >= 4 is 11.8 Å². The van der Waals surface area contributed by atoms with Crippen molar-refractivity contribution < 1.29 is 0 Å². The fourth-order valence-corrected chi connectivity index (χ4v) is 1.81. The first-order valence-electron chi connectivity index (χ1n) is 7.09. The summed E-state index contributed by atoms with van der Waals surface area (Å²) in [4.78, 5) is 8.68. The average molecular weight is 270 g/mol. The Morgan fingerprint density at radius 3 is 2.60 bits per heavy atom. The van der Waals surface area contributed by atoms with E-state index in [0.29, 0.717) is 11.9 Å². The minimum atomic E-state index is 0.597. The monoisotopic (exact) mass is 270 g/mol. The fraction of sp³-hybridized carbons (Fsp3) is 0.375. The third-order valence-corrected chi connectivity index (χ3v) is 2.89. The van der Waals surface area contributed by atoms with Crippen molar-refractivity contribution in [3.8, 4) is 0 Å². The van der Waals surface area contributed by atoms with Gasteiger partial charge < -0.3 is 10.6 Å². The van der Waals surface area contributed by atoms with Crippen molar-refractivity contribution in [1.82, 2.24) is 9.97 Å². The number of hydrogen-bond acceptors (Lipinski definition) is 4. The van der Waals surface area contributed by atoms with Crippen molar-refractivity contribution in [1.29, 1.82) is 0 Å². The Kier molecular flexibility index (Phi) is 5.35. The van der Waals surface area contributed by atoms with Crippen molar-refractivity contribution in [2.24, 2.45) is 5.92 Å². The van der Waals surface area contributed by atoms with Crippen LogP contribution in [0.1, 0.15) is 19.4 Å². The molecule has 4 nitrogen and oxygen atoms in total. The van der Waals surface area contributed by atoms with Crippen LogP contribution in [0.25, 0.3) is 0 Å². The molecule has 0 fully saturated rings. The summed E-state index contributed by atoms with van der Waals surface area (Å²) in [6, 6.07) is 12.3. The summed E-state index contributed by atoms with van der Waals surface area (Å²) in [6.07, 6.45) is 2.74. The Morgan fingerprint density at radius 1 is 1.05 bits per heavy atom. The molecule has 0 unspecified atom stereocenters. The van der Waals surface area contributed by atoms with Crippen LogP contribution in [0, 0.1) is 5.92 Å². The van der Waals surface area contributed by atoms with Gasteiger partial charge in [-0.05, 0) is 24.0 Å². The zero-order valence-corrected chi connectivity index (χ0v) is 12.1. The Labute approximate surface area is 120 Å². The Bertz CT molecular complexity index is 511. The number of nitrogens with zero attached hydrogens (tertiary/aromatic N) is 2. The van der Waals surface area contributed by atoms with Gasteiger partial charge in [0.15, 0.2) is 0 Å². The van der Waals surface area contributed by atoms with E-state index < -0.39 is 0 Å². The molecule has 0 bridgehead atoms. The maximum absolute atomic E-state index is 4.44. The lowest BCUT2D eigenvalue weighted by Gasteiger charge is -2.09. The van der Waals surface area contributed by atoms with Crippen molar-refractivity contribution in [3.05, 3.63) is 48.2 Å². The lowest BCUT2D eigenvalue weighted by Crippen LogP contribution is -2.12. The van der Waals surface area contributed by atoms with E-state index in [0.717, 1.165) is 25.3 Å². The quantitative estimate of drug-likeness (QED) is 0.811. The van der Waals surface area contributed by atoms with Gasteiger partial charge in [-0.2, -0.15) is 4.98 Å². The minimum Gasteiger partial charge on any atom is -0.370 e. The molecule has 4 heteroatoms. The van der Waals surface area contributed by atoms with E-state index in [1.54, 1.807) is 6.20 Å². The third-order valence-electron chi connectivity index (χ3n) is 2.89. The summed E-state index contributed by atoms with van der Waals surface area (Å²) in [7, 11) is 0. The summed E-state index contributed by atoms with van der Waals surface area (Å²) in [5.74, 6) is 2.14. The molecule has 0 radical (unpaired) electrons. The predicted octanol–water partition coefficient (Wildman–Crippen LogP) is 3.20. The summed E-state index contributed by atoms with van der Waals surface area (Å²) in [6.45, 7) is 6.10. The highest BCUT2D eigenvalue weighted by Gasteiger charge is 2.00. The molecule has 20 heavy (non-hydrogen) atoms. The van der Waals surface area contributed by atoms with E-state index in [2.05, 4.69) is 58.7 Å². The molecule has 0 amide bonds. The first kappa shape index (κ1) is 14.3. The normalized spacial score (nSPS) is 10.6. The summed E-state index contributed by atoms with van der Waals surface area (Å²) in [5, 5.41) is 6.56. The summed E-state index contributed by atoms with van der Waals surface area (Å²) in [5.41, 5.74) is 1.31. The number of rotatable bonds is 7. The second kappa shape index (κ2) is 7.48. The zero-order chi connectivity index (χ0) is 14.2. The zero-order valence-electron chi connectivity index (χ0n) is 12.1. The highest BCUT2D eigenvalue weighted by molar-refractivity contribution is 5.39. The number of aromatic nitrogens is 2. The molecule has 2 N–H and O–H groups in total. The van der Waals surface area contributed by atoms with E-state index in [1.165, 1.54) is 5.56 Å². The van der Waals surface area contributed by atoms with Crippen LogP contribution in [0.4, 0.5) is 11.8 Å². The van der Waals surface area contributed by atoms with Crippen LogP contribution in [0.3, 0.4) is 0 Å². The van der Waals surface area contributed by atoms with E-state index in [1.807, 2.05) is 12.1 Å². The van der Waals surface area contributed by atoms with Gasteiger partial charge in [0, 0.05) is 19.3 Å². The molecule has 0 aliphatic carbocycles. The van der Waals surface area contributed by atoms with Crippen molar-refractivity contribution in [2.45, 2.75) is 20.3 Å². The van der Waals surface area contributed by atoms with Crippen LogP contribution in [0.2, 0.25) is 0 Å². The molecule has 0 saturated carbocycles. The molecule has 2 rings (SSSR count). The van der Waals surface area contributed by atoms with Gasteiger partial charge in [-0.15, -0.1) is 0 Å². The molecule has 0 saturated heterocycles. The van der Waals surface area contributed by atoms with Crippen molar-refractivity contribution in [3.63, 3.8) is 0 Å². The van der Waals surface area contributed by atoms with Gasteiger partial charge in [0.05, 0.1) is 0 Å². The van der Waals surface area contributed by atoms with Gasteiger partial charge >= 0.3 is 0 Å². The van der Waals surface area contributed by atoms with Crippen LogP contribution >= 0.6 is 0 Å². The minimum absolute atomic E-state index is 0.597. The lowest BCUT2D eigenvalue weighted by molar-refractivity contribution is 0.687. The number of benzene rings is 1. The average Bonchev–Trinajstić information content (AvgIpc) is 2.47. The SMILES string of the molecule is CC(C)CNc1ccnc(NCCc2ccccc2)n1. The number of nitrogens with one attached hydrogen (secondary N) is 2. The van der Waals surface area contributed by atoms with Gasteiger partial charge in [0.25, 0.3) is 0 Å². The van der Waals surface area contributed by atoms with Crippen LogP contribution in [0.5, 0.6) is 0 Å². The van der Waals surface area contributed by atoms with Crippen LogP contribution in [-0.4, -0.2) is 23.1 Å². The predicted molar refractivity (Wildman–Crippen MR) is 84.0 cm³/mol. The van der Waals surface area contributed by atoms with Crippen molar-refractivity contribution in [2.75, 3.05) is 23.7 Å². The van der Waals surface area contributed by atoms with Gasteiger partial charge in [0.2, 0.25) is 5.95 Å². The lowest BCUT2D eigenvalue weighted by atomic mass is 10.1.